The molecule has 1 heterocycles. The van der Waals surface area contributed by atoms with E-state index in [2.05, 4.69) is 34.4 Å². The van der Waals surface area contributed by atoms with Gasteiger partial charge in [0.15, 0.2) is 5.96 Å². The van der Waals surface area contributed by atoms with E-state index in [1.807, 2.05) is 6.07 Å². The predicted molar refractivity (Wildman–Crippen MR) is 109 cm³/mol. The first-order chi connectivity index (χ1) is 12.9. The lowest BCUT2D eigenvalue weighted by molar-refractivity contribution is -0.127. The van der Waals surface area contributed by atoms with Crippen LogP contribution in [0.1, 0.15) is 33.1 Å². The van der Waals surface area contributed by atoms with Crippen molar-refractivity contribution in [3.63, 3.8) is 0 Å². The zero-order chi connectivity index (χ0) is 19.8. The monoisotopic (exact) mass is 377 g/mol. The Balaban J connectivity index is 2.04. The fraction of sp³-hybridized carbons (Fsp3) is 0.600. The third-order valence-electron chi connectivity index (χ3n) is 4.80. The number of hydrogen-bond acceptors (Lipinski definition) is 3. The Labute approximate surface area is 161 Å². The molecule has 1 aliphatic rings. The van der Waals surface area contributed by atoms with Crippen molar-refractivity contribution in [3.8, 4) is 0 Å². The Bertz CT molecular complexity index is 649. The van der Waals surface area contributed by atoms with Crippen LogP contribution in [0.25, 0.3) is 0 Å². The van der Waals surface area contributed by atoms with Gasteiger partial charge in [0.25, 0.3) is 0 Å². The number of benzene rings is 1. The molecule has 2 rings (SSSR count). The molecular weight excluding hydrogens is 345 g/mol. The number of likely N-dealkylation sites (N-methyl/N-ethyl adjacent to an activating group) is 1. The molecule has 150 valence electrons. The van der Waals surface area contributed by atoms with Crippen molar-refractivity contribution in [2.75, 3.05) is 38.6 Å². The van der Waals surface area contributed by atoms with Crippen molar-refractivity contribution in [1.29, 1.82) is 0 Å². The van der Waals surface area contributed by atoms with Crippen LogP contribution in [0.3, 0.4) is 0 Å². The summed E-state index contributed by atoms with van der Waals surface area (Å²) in [6.45, 7) is 5.98. The number of carbonyl (C=O) groups excluding carboxylic acids is 1. The van der Waals surface area contributed by atoms with E-state index in [0.717, 1.165) is 38.0 Å². The number of hydrogen-bond donors (Lipinski definition) is 2. The molecule has 27 heavy (non-hydrogen) atoms. The molecule has 2 N–H and O–H groups in total. The molecule has 1 saturated heterocycles. The number of piperidine rings is 1. The van der Waals surface area contributed by atoms with E-state index in [-0.39, 0.29) is 30.4 Å². The molecule has 0 bridgehead atoms. The molecule has 0 saturated carbocycles. The lowest BCUT2D eigenvalue weighted by atomic mass is 10.0. The number of anilines is 1. The van der Waals surface area contributed by atoms with E-state index in [0.29, 0.717) is 5.96 Å². The standard InChI is InChI=1S/C20H32FN5O/c1-5-15(2)23-20(22-13-19(27)25(3)4)24-17-9-7-11-26(14-17)18-10-6-8-16(21)12-18/h6,8,10,12,15,17H,5,7,9,11,13-14H2,1-4H3,(H2,22,23,24). The molecule has 1 aromatic rings. The summed E-state index contributed by atoms with van der Waals surface area (Å²) < 4.78 is 13.5. The maximum Gasteiger partial charge on any atom is 0.243 e. The summed E-state index contributed by atoms with van der Waals surface area (Å²) in [6, 6.07) is 7.16. The molecule has 6 nitrogen and oxygen atoms in total. The number of halogens is 1. The Morgan fingerprint density at radius 2 is 2.22 bits per heavy atom. The summed E-state index contributed by atoms with van der Waals surface area (Å²) in [6.07, 6.45) is 2.98. The number of aliphatic imine (C=N–C) groups is 1. The highest BCUT2D eigenvalue weighted by Crippen LogP contribution is 2.20. The lowest BCUT2D eigenvalue weighted by Crippen LogP contribution is -2.53. The normalized spacial score (nSPS) is 18.8. The van der Waals surface area contributed by atoms with Gasteiger partial charge in [0.05, 0.1) is 0 Å². The van der Waals surface area contributed by atoms with Crippen LogP contribution in [0.2, 0.25) is 0 Å². The number of amides is 1. The van der Waals surface area contributed by atoms with Crippen LogP contribution < -0.4 is 15.5 Å². The van der Waals surface area contributed by atoms with Crippen LogP contribution in [0.4, 0.5) is 10.1 Å². The van der Waals surface area contributed by atoms with Crippen molar-refractivity contribution >= 4 is 17.6 Å². The lowest BCUT2D eigenvalue weighted by Gasteiger charge is -2.35. The summed E-state index contributed by atoms with van der Waals surface area (Å²) in [5.74, 6) is 0.404. The van der Waals surface area contributed by atoms with Gasteiger partial charge in [0.2, 0.25) is 5.91 Å². The van der Waals surface area contributed by atoms with Crippen LogP contribution >= 0.6 is 0 Å². The van der Waals surface area contributed by atoms with Gasteiger partial charge >= 0.3 is 0 Å². The molecule has 1 fully saturated rings. The topological polar surface area (TPSA) is 60.0 Å². The summed E-state index contributed by atoms with van der Waals surface area (Å²) in [7, 11) is 3.45. The highest BCUT2D eigenvalue weighted by atomic mass is 19.1. The van der Waals surface area contributed by atoms with Gasteiger partial charge < -0.3 is 20.4 Å². The third-order valence-corrected chi connectivity index (χ3v) is 4.80. The zero-order valence-corrected chi connectivity index (χ0v) is 16.8. The molecule has 1 amide bonds. The zero-order valence-electron chi connectivity index (χ0n) is 16.8. The fourth-order valence-electron chi connectivity index (χ4n) is 2.95. The van der Waals surface area contributed by atoms with E-state index in [9.17, 15) is 9.18 Å². The highest BCUT2D eigenvalue weighted by Gasteiger charge is 2.22. The van der Waals surface area contributed by atoms with Crippen molar-refractivity contribution in [2.24, 2.45) is 4.99 Å². The first-order valence-corrected chi connectivity index (χ1v) is 9.67. The van der Waals surface area contributed by atoms with Crippen molar-refractivity contribution in [2.45, 2.75) is 45.2 Å². The first kappa shape index (κ1) is 21.0. The number of carbonyl (C=O) groups is 1. The maximum absolute atomic E-state index is 13.5. The number of guanidine groups is 1. The fourth-order valence-corrected chi connectivity index (χ4v) is 2.95. The second-order valence-electron chi connectivity index (χ2n) is 7.32. The SMILES string of the molecule is CCC(C)NC(=NCC(=O)N(C)C)NC1CCCN(c2cccc(F)c2)C1. The van der Waals surface area contributed by atoms with E-state index in [4.69, 9.17) is 0 Å². The number of nitrogens with zero attached hydrogens (tertiary/aromatic N) is 3. The Kier molecular flexibility index (Phi) is 7.88. The Hall–Kier alpha value is -2.31. The van der Waals surface area contributed by atoms with Crippen LogP contribution in [-0.2, 0) is 4.79 Å². The summed E-state index contributed by atoms with van der Waals surface area (Å²) in [5, 5.41) is 6.82. The summed E-state index contributed by atoms with van der Waals surface area (Å²) in [5.41, 5.74) is 0.901. The summed E-state index contributed by atoms with van der Waals surface area (Å²) >= 11 is 0. The molecule has 1 aromatic carbocycles. The highest BCUT2D eigenvalue weighted by molar-refractivity contribution is 5.85. The second kappa shape index (κ2) is 10.1. The van der Waals surface area contributed by atoms with Gasteiger partial charge in [0, 0.05) is 45.0 Å². The largest absolute Gasteiger partial charge is 0.369 e. The molecule has 0 aromatic heterocycles. The van der Waals surface area contributed by atoms with E-state index < -0.39 is 0 Å². The van der Waals surface area contributed by atoms with Gasteiger partial charge in [-0.15, -0.1) is 0 Å². The van der Waals surface area contributed by atoms with Crippen LogP contribution in [-0.4, -0.2) is 62.6 Å². The first-order valence-electron chi connectivity index (χ1n) is 9.67. The smallest absolute Gasteiger partial charge is 0.243 e. The minimum atomic E-state index is -0.217. The van der Waals surface area contributed by atoms with E-state index in [1.165, 1.54) is 11.0 Å². The minimum Gasteiger partial charge on any atom is -0.369 e. The van der Waals surface area contributed by atoms with Gasteiger partial charge in [-0.05, 0) is 44.4 Å². The third kappa shape index (κ3) is 6.73. The Morgan fingerprint density at radius 1 is 1.44 bits per heavy atom. The predicted octanol–water partition coefficient (Wildman–Crippen LogP) is 2.22. The molecule has 0 spiro atoms. The molecular formula is C20H32FN5O. The summed E-state index contributed by atoms with van der Waals surface area (Å²) in [4.78, 5) is 20.1. The van der Waals surface area contributed by atoms with Crippen LogP contribution in [0.15, 0.2) is 29.3 Å². The van der Waals surface area contributed by atoms with Gasteiger partial charge in [-0.25, -0.2) is 9.38 Å². The number of nitrogens with one attached hydrogen (secondary N) is 2. The van der Waals surface area contributed by atoms with Crippen molar-refractivity contribution in [1.82, 2.24) is 15.5 Å². The average molecular weight is 378 g/mol. The van der Waals surface area contributed by atoms with Crippen molar-refractivity contribution in [3.05, 3.63) is 30.1 Å². The molecule has 1 aliphatic heterocycles. The van der Waals surface area contributed by atoms with Gasteiger partial charge in [-0.2, -0.15) is 0 Å². The van der Waals surface area contributed by atoms with Crippen molar-refractivity contribution < 1.29 is 9.18 Å². The van der Waals surface area contributed by atoms with Gasteiger partial charge in [-0.3, -0.25) is 4.79 Å². The average Bonchev–Trinajstić information content (AvgIpc) is 2.65. The molecule has 2 atom stereocenters. The van der Waals surface area contributed by atoms with E-state index in [1.54, 1.807) is 26.2 Å². The second-order valence-corrected chi connectivity index (χ2v) is 7.32. The maximum atomic E-state index is 13.5. The molecule has 0 aliphatic carbocycles. The molecule has 7 heteroatoms. The Morgan fingerprint density at radius 3 is 2.89 bits per heavy atom. The van der Waals surface area contributed by atoms with Crippen LogP contribution in [0.5, 0.6) is 0 Å². The van der Waals surface area contributed by atoms with Crippen LogP contribution in [0, 0.1) is 5.82 Å². The van der Waals surface area contributed by atoms with E-state index >= 15 is 0 Å². The van der Waals surface area contributed by atoms with Gasteiger partial charge in [0.1, 0.15) is 12.4 Å². The molecule has 2 unspecified atom stereocenters. The minimum absolute atomic E-state index is 0.0368. The quantitative estimate of drug-likeness (QED) is 0.590. The number of rotatable bonds is 6. The molecule has 0 radical (unpaired) electrons. The van der Waals surface area contributed by atoms with Gasteiger partial charge in [-0.1, -0.05) is 13.0 Å².